The van der Waals surface area contributed by atoms with Crippen LogP contribution in [0.5, 0.6) is 5.75 Å². The van der Waals surface area contributed by atoms with E-state index in [0.717, 1.165) is 17.8 Å². The zero-order chi connectivity index (χ0) is 12.3. The van der Waals surface area contributed by atoms with Crippen molar-refractivity contribution in [2.24, 2.45) is 0 Å². The highest BCUT2D eigenvalue weighted by molar-refractivity contribution is 5.27. The molecule has 1 heterocycles. The third kappa shape index (κ3) is 2.95. The van der Waals surface area contributed by atoms with E-state index in [0.29, 0.717) is 6.54 Å². The normalized spacial score (nSPS) is 12.1. The summed E-state index contributed by atoms with van der Waals surface area (Å²) in [4.78, 5) is 6.59. The summed E-state index contributed by atoms with van der Waals surface area (Å²) in [5, 5.41) is 9.73. The Hall–Kier alpha value is -1.09. The summed E-state index contributed by atoms with van der Waals surface area (Å²) in [6.07, 6.45) is 1.07. The highest BCUT2D eigenvalue weighted by Crippen LogP contribution is 2.22. The van der Waals surface area contributed by atoms with Crippen LogP contribution >= 0.6 is 0 Å². The lowest BCUT2D eigenvalue weighted by molar-refractivity contribution is 0.140. The quantitative estimate of drug-likeness (QED) is 0.851. The molecule has 3 nitrogen and oxygen atoms in total. The summed E-state index contributed by atoms with van der Waals surface area (Å²) < 4.78 is 0. The molecule has 0 aliphatic carbocycles. The summed E-state index contributed by atoms with van der Waals surface area (Å²) in [7, 11) is 2.06. The van der Waals surface area contributed by atoms with Gasteiger partial charge >= 0.3 is 0 Å². The Balaban J connectivity index is 2.84. The Labute approximate surface area is 98.1 Å². The largest absolute Gasteiger partial charge is 0.506 e. The molecule has 0 saturated heterocycles. The topological polar surface area (TPSA) is 36.4 Å². The molecule has 0 unspecified atom stereocenters. The van der Waals surface area contributed by atoms with Gasteiger partial charge in [0.05, 0.1) is 5.69 Å². The lowest BCUT2D eigenvalue weighted by Gasteiger charge is -2.34. The molecule has 0 bridgehead atoms. The number of pyridine rings is 1. The van der Waals surface area contributed by atoms with Crippen LogP contribution in [0.25, 0.3) is 0 Å². The van der Waals surface area contributed by atoms with E-state index in [1.54, 1.807) is 6.07 Å². The van der Waals surface area contributed by atoms with Crippen molar-refractivity contribution < 1.29 is 5.11 Å². The Morgan fingerprint density at radius 1 is 1.38 bits per heavy atom. The maximum Gasteiger partial charge on any atom is 0.138 e. The van der Waals surface area contributed by atoms with E-state index in [9.17, 15) is 5.11 Å². The first kappa shape index (κ1) is 13.0. The minimum Gasteiger partial charge on any atom is -0.506 e. The van der Waals surface area contributed by atoms with E-state index in [2.05, 4.69) is 37.7 Å². The number of hydrogen-bond donors (Lipinski definition) is 1. The van der Waals surface area contributed by atoms with Crippen LogP contribution in [-0.4, -0.2) is 27.6 Å². The van der Waals surface area contributed by atoms with Gasteiger partial charge in [0.2, 0.25) is 0 Å². The third-order valence-corrected chi connectivity index (χ3v) is 3.37. The van der Waals surface area contributed by atoms with Crippen LogP contribution in [0.3, 0.4) is 0 Å². The average molecular weight is 222 g/mol. The van der Waals surface area contributed by atoms with E-state index in [1.807, 2.05) is 13.0 Å². The summed E-state index contributed by atoms with van der Waals surface area (Å²) in [6, 6.07) is 3.54. The minimum absolute atomic E-state index is 0.123. The van der Waals surface area contributed by atoms with Crippen molar-refractivity contribution in [1.82, 2.24) is 9.88 Å². The number of rotatable bonds is 4. The van der Waals surface area contributed by atoms with Crippen LogP contribution in [0, 0.1) is 6.92 Å². The molecular formula is C13H22N2O. The first-order valence-corrected chi connectivity index (χ1v) is 5.73. The summed E-state index contributed by atoms with van der Waals surface area (Å²) in [5.41, 5.74) is 1.82. The molecule has 0 aliphatic rings. The van der Waals surface area contributed by atoms with Crippen molar-refractivity contribution in [1.29, 1.82) is 0 Å². The molecule has 16 heavy (non-hydrogen) atoms. The zero-order valence-electron chi connectivity index (χ0n) is 10.9. The molecule has 0 fully saturated rings. The van der Waals surface area contributed by atoms with Crippen molar-refractivity contribution in [2.75, 3.05) is 7.05 Å². The van der Waals surface area contributed by atoms with E-state index in [1.165, 1.54) is 0 Å². The number of hydrogen-bond acceptors (Lipinski definition) is 3. The lowest BCUT2D eigenvalue weighted by Crippen LogP contribution is -2.40. The second-order valence-corrected chi connectivity index (χ2v) is 4.94. The molecule has 0 radical (unpaired) electrons. The molecule has 1 aromatic rings. The van der Waals surface area contributed by atoms with Crippen LogP contribution in [0.2, 0.25) is 0 Å². The molecule has 0 atom stereocenters. The van der Waals surface area contributed by atoms with Gasteiger partial charge < -0.3 is 5.11 Å². The Bertz CT molecular complexity index is 361. The summed E-state index contributed by atoms with van der Waals surface area (Å²) >= 11 is 0. The van der Waals surface area contributed by atoms with Crippen LogP contribution < -0.4 is 0 Å². The van der Waals surface area contributed by atoms with Gasteiger partial charge in [-0.25, -0.2) is 0 Å². The maximum atomic E-state index is 9.73. The first-order chi connectivity index (χ1) is 7.36. The van der Waals surface area contributed by atoms with Gasteiger partial charge in [-0.1, -0.05) is 6.92 Å². The van der Waals surface area contributed by atoms with Gasteiger partial charge in [-0.05, 0) is 46.4 Å². The molecule has 1 aromatic heterocycles. The molecule has 0 saturated carbocycles. The monoisotopic (exact) mass is 222 g/mol. The van der Waals surface area contributed by atoms with Gasteiger partial charge in [0, 0.05) is 17.8 Å². The second-order valence-electron chi connectivity index (χ2n) is 4.94. The molecule has 1 N–H and O–H groups in total. The van der Waals surface area contributed by atoms with Gasteiger partial charge in [-0.15, -0.1) is 0 Å². The molecular weight excluding hydrogens is 200 g/mol. The van der Waals surface area contributed by atoms with Crippen molar-refractivity contribution in [2.45, 2.75) is 46.2 Å². The SMILES string of the molecule is CCC(C)(C)N(C)Cc1nc(C)ccc1O. The predicted octanol–water partition coefficient (Wildman–Crippen LogP) is 2.72. The van der Waals surface area contributed by atoms with Crippen LogP contribution in [0.1, 0.15) is 38.6 Å². The van der Waals surface area contributed by atoms with Crippen molar-refractivity contribution in [3.8, 4) is 5.75 Å². The molecule has 0 aliphatic heterocycles. The highest BCUT2D eigenvalue weighted by atomic mass is 16.3. The van der Waals surface area contributed by atoms with Gasteiger partial charge in [-0.2, -0.15) is 0 Å². The molecule has 0 aromatic carbocycles. The Morgan fingerprint density at radius 2 is 2.00 bits per heavy atom. The first-order valence-electron chi connectivity index (χ1n) is 5.73. The fourth-order valence-corrected chi connectivity index (χ4v) is 1.43. The van der Waals surface area contributed by atoms with E-state index < -0.39 is 0 Å². The molecule has 90 valence electrons. The molecule has 0 spiro atoms. The average Bonchev–Trinajstić information content (AvgIpc) is 2.23. The number of aryl methyl sites for hydroxylation is 1. The molecule has 3 heteroatoms. The van der Waals surface area contributed by atoms with E-state index in [-0.39, 0.29) is 11.3 Å². The van der Waals surface area contributed by atoms with Crippen molar-refractivity contribution in [3.63, 3.8) is 0 Å². The van der Waals surface area contributed by atoms with Gasteiger partial charge in [0.15, 0.2) is 0 Å². The van der Waals surface area contributed by atoms with Crippen LogP contribution in [0.4, 0.5) is 0 Å². The van der Waals surface area contributed by atoms with Crippen molar-refractivity contribution >= 4 is 0 Å². The van der Waals surface area contributed by atoms with Crippen LogP contribution in [0.15, 0.2) is 12.1 Å². The van der Waals surface area contributed by atoms with Gasteiger partial charge in [0.25, 0.3) is 0 Å². The second kappa shape index (κ2) is 4.83. The molecule has 0 amide bonds. The fourth-order valence-electron chi connectivity index (χ4n) is 1.43. The van der Waals surface area contributed by atoms with E-state index >= 15 is 0 Å². The fraction of sp³-hybridized carbons (Fsp3) is 0.615. The highest BCUT2D eigenvalue weighted by Gasteiger charge is 2.22. The smallest absolute Gasteiger partial charge is 0.138 e. The van der Waals surface area contributed by atoms with Gasteiger partial charge in [0.1, 0.15) is 5.75 Å². The van der Waals surface area contributed by atoms with E-state index in [4.69, 9.17) is 0 Å². The van der Waals surface area contributed by atoms with Crippen molar-refractivity contribution in [3.05, 3.63) is 23.5 Å². The lowest BCUT2D eigenvalue weighted by atomic mass is 10.00. The number of aromatic hydroxyl groups is 1. The van der Waals surface area contributed by atoms with Crippen LogP contribution in [-0.2, 0) is 6.54 Å². The maximum absolute atomic E-state index is 9.73. The summed E-state index contributed by atoms with van der Waals surface area (Å²) in [6.45, 7) is 9.17. The Morgan fingerprint density at radius 3 is 2.56 bits per heavy atom. The number of aromatic nitrogens is 1. The summed E-state index contributed by atoms with van der Waals surface area (Å²) in [5.74, 6) is 0.282. The van der Waals surface area contributed by atoms with Gasteiger partial charge in [-0.3, -0.25) is 9.88 Å². The number of nitrogens with zero attached hydrogens (tertiary/aromatic N) is 2. The minimum atomic E-state index is 0.123. The zero-order valence-corrected chi connectivity index (χ0v) is 10.9. The third-order valence-electron chi connectivity index (χ3n) is 3.37. The predicted molar refractivity (Wildman–Crippen MR) is 66.5 cm³/mol. The Kier molecular flexibility index (Phi) is 3.92. The molecule has 1 rings (SSSR count). The standard InChI is InChI=1S/C13H22N2O/c1-6-13(3,4)15(5)9-11-12(16)8-7-10(2)14-11/h7-8,16H,6,9H2,1-5H3.